The fourth-order valence-electron chi connectivity index (χ4n) is 2.45. The van der Waals surface area contributed by atoms with E-state index in [1.54, 1.807) is 6.20 Å². The predicted molar refractivity (Wildman–Crippen MR) is 87.5 cm³/mol. The lowest BCUT2D eigenvalue weighted by atomic mass is 10.2. The van der Waals surface area contributed by atoms with Gasteiger partial charge in [0.05, 0.1) is 6.54 Å². The van der Waals surface area contributed by atoms with Gasteiger partial charge in [0.1, 0.15) is 11.5 Å². The number of carbonyl (C=O) groups is 2. The monoisotopic (exact) mass is 378 g/mol. The smallest absolute Gasteiger partial charge is 0.407 e. The number of imidazole rings is 1. The Labute approximate surface area is 141 Å². The molecule has 0 bridgehead atoms. The number of carbonyl (C=O) groups excluding carboxylic acids is 1. The molecule has 2 aromatic rings. The second kappa shape index (κ2) is 6.04. The van der Waals surface area contributed by atoms with E-state index in [9.17, 15) is 9.59 Å². The highest BCUT2D eigenvalue weighted by Crippen LogP contribution is 2.24. The Morgan fingerprint density at radius 1 is 1.35 bits per heavy atom. The van der Waals surface area contributed by atoms with Crippen molar-refractivity contribution in [2.75, 3.05) is 11.9 Å². The van der Waals surface area contributed by atoms with Crippen LogP contribution >= 0.6 is 15.9 Å². The van der Waals surface area contributed by atoms with Gasteiger partial charge in [-0.15, -0.1) is 0 Å². The van der Waals surface area contributed by atoms with E-state index in [-0.39, 0.29) is 18.1 Å². The molecule has 1 aromatic carbocycles. The highest BCUT2D eigenvalue weighted by atomic mass is 79.9. The molecular weight excluding hydrogens is 364 g/mol. The van der Waals surface area contributed by atoms with Crippen LogP contribution < -0.4 is 5.32 Å². The maximum Gasteiger partial charge on any atom is 0.407 e. The standard InChI is InChI=1S/C15H15BrN4O3/c1-9-10(16)3-2-4-11(9)18-14(21)12-7-19-5-6-20(15(22)23)8-13(19)17-12/h2-4,7H,5-6,8H2,1H3,(H,18,21)(H,22,23). The molecule has 1 aromatic heterocycles. The number of amides is 2. The maximum absolute atomic E-state index is 12.4. The van der Waals surface area contributed by atoms with Gasteiger partial charge in [-0.2, -0.15) is 0 Å². The number of aromatic nitrogens is 2. The first kappa shape index (κ1) is 15.5. The van der Waals surface area contributed by atoms with Gasteiger partial charge in [0, 0.05) is 29.4 Å². The lowest BCUT2D eigenvalue weighted by Gasteiger charge is -2.24. The van der Waals surface area contributed by atoms with Crippen molar-refractivity contribution in [3.05, 3.63) is 46.0 Å². The van der Waals surface area contributed by atoms with E-state index in [0.29, 0.717) is 24.6 Å². The molecule has 0 saturated carbocycles. The van der Waals surface area contributed by atoms with E-state index >= 15 is 0 Å². The van der Waals surface area contributed by atoms with Crippen molar-refractivity contribution in [2.24, 2.45) is 0 Å². The molecule has 0 unspecified atom stereocenters. The van der Waals surface area contributed by atoms with Crippen molar-refractivity contribution in [1.29, 1.82) is 0 Å². The van der Waals surface area contributed by atoms with E-state index in [4.69, 9.17) is 5.11 Å². The van der Waals surface area contributed by atoms with Gasteiger partial charge in [-0.25, -0.2) is 9.78 Å². The van der Waals surface area contributed by atoms with Gasteiger partial charge in [0.2, 0.25) is 0 Å². The Balaban J connectivity index is 1.79. The van der Waals surface area contributed by atoms with Crippen LogP contribution in [0.4, 0.5) is 10.5 Å². The molecule has 2 heterocycles. The van der Waals surface area contributed by atoms with E-state index in [0.717, 1.165) is 10.0 Å². The van der Waals surface area contributed by atoms with Crippen molar-refractivity contribution >= 4 is 33.6 Å². The molecule has 2 N–H and O–H groups in total. The number of nitrogens with zero attached hydrogens (tertiary/aromatic N) is 3. The molecule has 0 aliphatic carbocycles. The topological polar surface area (TPSA) is 87.5 Å². The van der Waals surface area contributed by atoms with Gasteiger partial charge in [-0.05, 0) is 24.6 Å². The summed E-state index contributed by atoms with van der Waals surface area (Å²) in [6.45, 7) is 2.99. The minimum Gasteiger partial charge on any atom is -0.465 e. The molecule has 8 heteroatoms. The first-order valence-corrected chi connectivity index (χ1v) is 7.85. The third kappa shape index (κ3) is 3.07. The number of anilines is 1. The Bertz CT molecular complexity index is 787. The Morgan fingerprint density at radius 2 is 2.13 bits per heavy atom. The van der Waals surface area contributed by atoms with Crippen LogP contribution in [0.2, 0.25) is 0 Å². The molecule has 7 nitrogen and oxygen atoms in total. The van der Waals surface area contributed by atoms with E-state index < -0.39 is 6.09 Å². The average Bonchev–Trinajstić information content (AvgIpc) is 2.95. The van der Waals surface area contributed by atoms with E-state index in [2.05, 4.69) is 26.2 Å². The Kier molecular flexibility index (Phi) is 4.08. The summed E-state index contributed by atoms with van der Waals surface area (Å²) in [5, 5.41) is 11.9. The summed E-state index contributed by atoms with van der Waals surface area (Å²) in [4.78, 5) is 28.9. The van der Waals surface area contributed by atoms with Crippen LogP contribution in [-0.2, 0) is 13.1 Å². The maximum atomic E-state index is 12.4. The minimum absolute atomic E-state index is 0.193. The molecule has 1 aliphatic rings. The lowest BCUT2D eigenvalue weighted by molar-refractivity contribution is 0.102. The van der Waals surface area contributed by atoms with Crippen LogP contribution in [-0.4, -0.2) is 38.1 Å². The Morgan fingerprint density at radius 3 is 2.87 bits per heavy atom. The van der Waals surface area contributed by atoms with E-state index in [1.165, 1.54) is 4.90 Å². The van der Waals surface area contributed by atoms with Crippen molar-refractivity contribution in [3.63, 3.8) is 0 Å². The largest absolute Gasteiger partial charge is 0.465 e. The first-order valence-electron chi connectivity index (χ1n) is 7.06. The van der Waals surface area contributed by atoms with Crippen molar-refractivity contribution in [1.82, 2.24) is 14.5 Å². The predicted octanol–water partition coefficient (Wildman–Crippen LogP) is 2.70. The number of hydrogen-bond donors (Lipinski definition) is 2. The molecule has 0 fully saturated rings. The molecule has 0 atom stereocenters. The van der Waals surface area contributed by atoms with E-state index in [1.807, 2.05) is 29.7 Å². The number of nitrogens with one attached hydrogen (secondary N) is 1. The minimum atomic E-state index is -0.977. The number of hydrogen-bond acceptors (Lipinski definition) is 3. The van der Waals surface area contributed by atoms with Gasteiger partial charge in [0.25, 0.3) is 5.91 Å². The number of carboxylic acid groups (broad SMARTS) is 1. The summed E-state index contributed by atoms with van der Waals surface area (Å²) in [6.07, 6.45) is 0.687. The number of fused-ring (bicyclic) bond motifs is 1. The zero-order valence-electron chi connectivity index (χ0n) is 12.4. The van der Waals surface area contributed by atoms with Gasteiger partial charge in [-0.3, -0.25) is 9.69 Å². The van der Waals surface area contributed by atoms with Gasteiger partial charge >= 0.3 is 6.09 Å². The molecular formula is C15H15BrN4O3. The first-order chi connectivity index (χ1) is 11.0. The van der Waals surface area contributed by atoms with Gasteiger partial charge < -0.3 is 15.0 Å². The summed E-state index contributed by atoms with van der Waals surface area (Å²) in [5.41, 5.74) is 1.93. The second-order valence-electron chi connectivity index (χ2n) is 5.31. The molecule has 0 spiro atoms. The summed E-state index contributed by atoms with van der Waals surface area (Å²) >= 11 is 3.43. The third-order valence-electron chi connectivity index (χ3n) is 3.82. The SMILES string of the molecule is Cc1c(Br)cccc1NC(=O)c1cn2c(n1)CN(C(=O)O)CC2. The van der Waals surface area contributed by atoms with Crippen LogP contribution in [0.15, 0.2) is 28.9 Å². The summed E-state index contributed by atoms with van der Waals surface area (Å²) < 4.78 is 2.74. The van der Waals surface area contributed by atoms with Gasteiger partial charge in [-0.1, -0.05) is 22.0 Å². The second-order valence-corrected chi connectivity index (χ2v) is 6.16. The molecule has 120 valence electrons. The van der Waals surface area contributed by atoms with Crippen LogP contribution in [0.25, 0.3) is 0 Å². The lowest BCUT2D eigenvalue weighted by Crippen LogP contribution is -2.37. The molecule has 3 rings (SSSR count). The third-order valence-corrected chi connectivity index (χ3v) is 4.68. The highest BCUT2D eigenvalue weighted by Gasteiger charge is 2.23. The molecule has 1 aliphatic heterocycles. The number of rotatable bonds is 2. The van der Waals surface area contributed by atoms with Crippen LogP contribution in [0, 0.1) is 6.92 Å². The molecule has 0 saturated heterocycles. The summed E-state index contributed by atoms with van der Waals surface area (Å²) in [6, 6.07) is 5.57. The number of benzene rings is 1. The van der Waals surface area contributed by atoms with Crippen LogP contribution in [0.3, 0.4) is 0 Å². The quantitative estimate of drug-likeness (QED) is 0.840. The fraction of sp³-hybridized carbons (Fsp3) is 0.267. The zero-order valence-corrected chi connectivity index (χ0v) is 14.0. The van der Waals surface area contributed by atoms with Crippen LogP contribution in [0.5, 0.6) is 0 Å². The van der Waals surface area contributed by atoms with Crippen molar-refractivity contribution in [3.8, 4) is 0 Å². The Hall–Kier alpha value is -2.35. The van der Waals surface area contributed by atoms with Crippen LogP contribution in [0.1, 0.15) is 21.9 Å². The fourth-order valence-corrected chi connectivity index (χ4v) is 2.82. The molecule has 0 radical (unpaired) electrons. The van der Waals surface area contributed by atoms with Gasteiger partial charge in [0.15, 0.2) is 0 Å². The number of halogens is 1. The summed E-state index contributed by atoms with van der Waals surface area (Å²) in [5.74, 6) is 0.268. The summed E-state index contributed by atoms with van der Waals surface area (Å²) in [7, 11) is 0. The molecule has 23 heavy (non-hydrogen) atoms. The highest BCUT2D eigenvalue weighted by molar-refractivity contribution is 9.10. The van der Waals surface area contributed by atoms with Crippen molar-refractivity contribution in [2.45, 2.75) is 20.0 Å². The van der Waals surface area contributed by atoms with Crippen molar-refractivity contribution < 1.29 is 14.7 Å². The average molecular weight is 379 g/mol. The zero-order chi connectivity index (χ0) is 16.6. The molecule has 2 amide bonds. The normalized spacial score (nSPS) is 13.6.